The third kappa shape index (κ3) is 5.61. The molecule has 3 aromatic carbocycles. The van der Waals surface area contributed by atoms with Crippen LogP contribution in [0.3, 0.4) is 0 Å². The average Bonchev–Trinajstić information content (AvgIpc) is 2.84. The lowest BCUT2D eigenvalue weighted by atomic mass is 9.93. The Morgan fingerprint density at radius 1 is 1.06 bits per heavy atom. The number of ether oxygens (including phenoxy) is 1. The van der Waals surface area contributed by atoms with Crippen LogP contribution in [0.4, 0.5) is 4.39 Å². The Kier molecular flexibility index (Phi) is 7.23. The summed E-state index contributed by atoms with van der Waals surface area (Å²) >= 11 is 0. The van der Waals surface area contributed by atoms with Gasteiger partial charge in [0.1, 0.15) is 18.2 Å². The van der Waals surface area contributed by atoms with E-state index in [9.17, 15) is 14.0 Å². The lowest BCUT2D eigenvalue weighted by Gasteiger charge is -2.36. The number of benzene rings is 3. The molecule has 0 saturated heterocycles. The highest BCUT2D eigenvalue weighted by molar-refractivity contribution is 5.87. The van der Waals surface area contributed by atoms with Crippen LogP contribution in [0.5, 0.6) is 5.75 Å². The minimum Gasteiger partial charge on any atom is -0.492 e. The van der Waals surface area contributed by atoms with E-state index in [1.54, 1.807) is 24.3 Å². The van der Waals surface area contributed by atoms with Gasteiger partial charge >= 0.3 is 5.97 Å². The molecular formula is C27H27FN2O4. The molecule has 1 heterocycles. The Labute approximate surface area is 198 Å². The number of rotatable bonds is 8. The van der Waals surface area contributed by atoms with E-state index in [-0.39, 0.29) is 29.4 Å². The summed E-state index contributed by atoms with van der Waals surface area (Å²) in [6, 6.07) is 19.9. The zero-order chi connectivity index (χ0) is 24.1. The molecule has 0 radical (unpaired) electrons. The SMILES string of the molecule is CC(NC(=O)C1Cc2ccccc2CN1CCOc1ccc(F)cc1)c1ccc(C(=O)O)cc1. The van der Waals surface area contributed by atoms with Gasteiger partial charge in [-0.15, -0.1) is 0 Å². The van der Waals surface area contributed by atoms with E-state index in [0.717, 1.165) is 11.1 Å². The highest BCUT2D eigenvalue weighted by Crippen LogP contribution is 2.24. The molecule has 1 aliphatic rings. The zero-order valence-corrected chi connectivity index (χ0v) is 18.9. The quantitative estimate of drug-likeness (QED) is 0.524. The normalized spacial score (nSPS) is 16.4. The van der Waals surface area contributed by atoms with Gasteiger partial charge in [-0.05, 0) is 66.4 Å². The first-order chi connectivity index (χ1) is 16.4. The van der Waals surface area contributed by atoms with Crippen molar-refractivity contribution in [1.82, 2.24) is 10.2 Å². The van der Waals surface area contributed by atoms with Crippen LogP contribution in [-0.2, 0) is 17.8 Å². The van der Waals surface area contributed by atoms with Gasteiger partial charge in [-0.3, -0.25) is 9.69 Å². The van der Waals surface area contributed by atoms with Gasteiger partial charge in [-0.1, -0.05) is 36.4 Å². The monoisotopic (exact) mass is 462 g/mol. The molecule has 4 rings (SSSR count). The molecule has 176 valence electrons. The van der Waals surface area contributed by atoms with Gasteiger partial charge < -0.3 is 15.2 Å². The molecule has 1 amide bonds. The summed E-state index contributed by atoms with van der Waals surface area (Å²) < 4.78 is 18.9. The molecule has 34 heavy (non-hydrogen) atoms. The number of halogens is 1. The number of nitrogens with zero attached hydrogens (tertiary/aromatic N) is 1. The molecule has 0 aromatic heterocycles. The Bertz CT molecular complexity index is 1150. The predicted molar refractivity (Wildman–Crippen MR) is 126 cm³/mol. The number of carboxylic acid groups (broad SMARTS) is 1. The summed E-state index contributed by atoms with van der Waals surface area (Å²) in [5.41, 5.74) is 3.38. The van der Waals surface area contributed by atoms with Gasteiger partial charge in [0.25, 0.3) is 0 Å². The second-order valence-corrected chi connectivity index (χ2v) is 8.42. The number of fused-ring (bicyclic) bond motifs is 1. The van der Waals surface area contributed by atoms with Crippen molar-refractivity contribution in [1.29, 1.82) is 0 Å². The number of hydrogen-bond donors (Lipinski definition) is 2. The minimum absolute atomic E-state index is 0.0916. The lowest BCUT2D eigenvalue weighted by molar-refractivity contribution is -0.127. The standard InChI is InChI=1S/C27H27FN2O4/c1-18(19-6-8-20(9-7-19)27(32)33)29-26(31)25-16-21-4-2-3-5-22(21)17-30(25)14-15-34-24-12-10-23(28)11-13-24/h2-13,18,25H,14-17H2,1H3,(H,29,31)(H,32,33). The molecule has 7 heteroatoms. The predicted octanol–water partition coefficient (Wildman–Crippen LogP) is 4.21. The average molecular weight is 463 g/mol. The Morgan fingerprint density at radius 2 is 1.74 bits per heavy atom. The number of aromatic carboxylic acids is 1. The van der Waals surface area contributed by atoms with E-state index >= 15 is 0 Å². The van der Waals surface area contributed by atoms with Crippen molar-refractivity contribution in [3.63, 3.8) is 0 Å². The number of carbonyl (C=O) groups excluding carboxylic acids is 1. The molecule has 0 fully saturated rings. The van der Waals surface area contributed by atoms with Crippen molar-refractivity contribution in [2.24, 2.45) is 0 Å². The van der Waals surface area contributed by atoms with E-state index in [2.05, 4.69) is 22.3 Å². The maximum Gasteiger partial charge on any atom is 0.335 e. The van der Waals surface area contributed by atoms with Crippen LogP contribution in [0.25, 0.3) is 0 Å². The molecule has 2 N–H and O–H groups in total. The topological polar surface area (TPSA) is 78.9 Å². The van der Waals surface area contributed by atoms with Gasteiger partial charge in [0, 0.05) is 13.1 Å². The van der Waals surface area contributed by atoms with Crippen molar-refractivity contribution in [3.05, 3.63) is 101 Å². The number of hydrogen-bond acceptors (Lipinski definition) is 4. The van der Waals surface area contributed by atoms with E-state index in [4.69, 9.17) is 9.84 Å². The molecule has 0 spiro atoms. The smallest absolute Gasteiger partial charge is 0.335 e. The fourth-order valence-electron chi connectivity index (χ4n) is 4.19. The van der Waals surface area contributed by atoms with E-state index in [1.165, 1.54) is 29.8 Å². The van der Waals surface area contributed by atoms with Crippen LogP contribution in [0, 0.1) is 5.82 Å². The van der Waals surface area contributed by atoms with Gasteiger partial charge in [-0.2, -0.15) is 0 Å². The Hall–Kier alpha value is -3.71. The van der Waals surface area contributed by atoms with E-state index in [0.29, 0.717) is 31.9 Å². The van der Waals surface area contributed by atoms with Gasteiger partial charge in [0.15, 0.2) is 0 Å². The molecule has 6 nitrogen and oxygen atoms in total. The maximum atomic E-state index is 13.3. The molecule has 3 aromatic rings. The summed E-state index contributed by atoms with van der Waals surface area (Å²) in [7, 11) is 0. The fraction of sp³-hybridized carbons (Fsp3) is 0.259. The van der Waals surface area contributed by atoms with Crippen molar-refractivity contribution in [2.75, 3.05) is 13.2 Å². The van der Waals surface area contributed by atoms with Crippen molar-refractivity contribution in [3.8, 4) is 5.75 Å². The van der Waals surface area contributed by atoms with Gasteiger partial charge in [-0.25, -0.2) is 9.18 Å². The molecular weight excluding hydrogens is 435 g/mol. The van der Waals surface area contributed by atoms with E-state index < -0.39 is 5.97 Å². The molecule has 2 atom stereocenters. The van der Waals surface area contributed by atoms with Crippen LogP contribution in [0.15, 0.2) is 72.8 Å². The Morgan fingerprint density at radius 3 is 2.41 bits per heavy atom. The molecule has 0 saturated carbocycles. The molecule has 0 bridgehead atoms. The van der Waals surface area contributed by atoms with Gasteiger partial charge in [0.2, 0.25) is 5.91 Å². The summed E-state index contributed by atoms with van der Waals surface area (Å²) in [4.78, 5) is 26.5. The second-order valence-electron chi connectivity index (χ2n) is 8.42. The maximum absolute atomic E-state index is 13.3. The summed E-state index contributed by atoms with van der Waals surface area (Å²) in [6.07, 6.45) is 0.587. The second kappa shape index (κ2) is 10.5. The highest BCUT2D eigenvalue weighted by atomic mass is 19.1. The Balaban J connectivity index is 1.44. The summed E-state index contributed by atoms with van der Waals surface area (Å²) in [5, 5.41) is 12.2. The largest absolute Gasteiger partial charge is 0.492 e. The number of carboxylic acids is 1. The van der Waals surface area contributed by atoms with Crippen molar-refractivity contribution >= 4 is 11.9 Å². The highest BCUT2D eigenvalue weighted by Gasteiger charge is 2.32. The van der Waals surface area contributed by atoms with Crippen LogP contribution in [-0.4, -0.2) is 41.1 Å². The van der Waals surface area contributed by atoms with Gasteiger partial charge in [0.05, 0.1) is 17.6 Å². The van der Waals surface area contributed by atoms with Crippen LogP contribution < -0.4 is 10.1 Å². The number of amides is 1. The molecule has 1 aliphatic heterocycles. The van der Waals surface area contributed by atoms with Crippen LogP contribution in [0.1, 0.15) is 40.0 Å². The number of carbonyl (C=O) groups is 2. The molecule has 2 unspecified atom stereocenters. The first kappa shape index (κ1) is 23.4. The van der Waals surface area contributed by atoms with E-state index in [1.807, 2.05) is 19.1 Å². The van der Waals surface area contributed by atoms with Crippen molar-refractivity contribution < 1.29 is 23.8 Å². The molecule has 0 aliphatic carbocycles. The third-order valence-electron chi connectivity index (χ3n) is 6.13. The third-order valence-corrected chi connectivity index (χ3v) is 6.13. The fourth-order valence-corrected chi connectivity index (χ4v) is 4.19. The summed E-state index contributed by atoms with van der Waals surface area (Å²) in [6.45, 7) is 3.41. The van der Waals surface area contributed by atoms with Crippen LogP contribution >= 0.6 is 0 Å². The first-order valence-corrected chi connectivity index (χ1v) is 11.2. The summed E-state index contributed by atoms with van der Waals surface area (Å²) in [5.74, 6) is -0.810. The van der Waals surface area contributed by atoms with Crippen LogP contribution in [0.2, 0.25) is 0 Å². The van der Waals surface area contributed by atoms with Crippen molar-refractivity contribution in [2.45, 2.75) is 32.0 Å². The first-order valence-electron chi connectivity index (χ1n) is 11.2. The zero-order valence-electron chi connectivity index (χ0n) is 18.9. The minimum atomic E-state index is -0.984. The lowest BCUT2D eigenvalue weighted by Crippen LogP contribution is -2.51. The number of nitrogens with one attached hydrogen (secondary N) is 1.